The minimum atomic E-state index is -0.0630. The van der Waals surface area contributed by atoms with Gasteiger partial charge in [-0.2, -0.15) is 5.10 Å². The lowest BCUT2D eigenvalue weighted by molar-refractivity contribution is -0.119. The minimum absolute atomic E-state index is 0.0630. The van der Waals surface area contributed by atoms with Gasteiger partial charge in [-0.25, -0.2) is 0 Å². The molecule has 0 aromatic carbocycles. The summed E-state index contributed by atoms with van der Waals surface area (Å²) in [6.45, 7) is 7.15. The normalized spacial score (nSPS) is 19.9. The molecule has 5 heteroatoms. The topological polar surface area (TPSA) is 50.2 Å². The molecule has 0 aliphatic carbocycles. The summed E-state index contributed by atoms with van der Waals surface area (Å²) in [5.74, 6) is 0.164. The highest BCUT2D eigenvalue weighted by Gasteiger charge is 2.33. The number of aryl methyl sites for hydroxylation is 1. The van der Waals surface area contributed by atoms with Crippen molar-refractivity contribution in [2.75, 3.05) is 11.4 Å². The predicted molar refractivity (Wildman–Crippen MR) is 85.2 cm³/mol. The third-order valence-electron chi connectivity index (χ3n) is 3.85. The van der Waals surface area contributed by atoms with Crippen molar-refractivity contribution in [2.24, 2.45) is 7.05 Å². The van der Waals surface area contributed by atoms with Gasteiger partial charge >= 0.3 is 0 Å². The van der Waals surface area contributed by atoms with Crippen molar-refractivity contribution in [3.8, 4) is 0 Å². The van der Waals surface area contributed by atoms with Crippen molar-refractivity contribution >= 4 is 11.6 Å². The van der Waals surface area contributed by atoms with E-state index in [0.29, 0.717) is 6.04 Å². The van der Waals surface area contributed by atoms with Crippen LogP contribution in [0.2, 0.25) is 0 Å². The summed E-state index contributed by atoms with van der Waals surface area (Å²) in [7, 11) is 1.87. The van der Waals surface area contributed by atoms with Crippen molar-refractivity contribution in [1.29, 1.82) is 0 Å². The van der Waals surface area contributed by atoms with Gasteiger partial charge < -0.3 is 10.2 Å². The van der Waals surface area contributed by atoms with Gasteiger partial charge in [-0.3, -0.25) is 9.48 Å². The zero-order valence-electron chi connectivity index (χ0n) is 13.5. The second kappa shape index (κ2) is 6.89. The van der Waals surface area contributed by atoms with Crippen LogP contribution >= 0.6 is 0 Å². The third kappa shape index (κ3) is 4.17. The van der Waals surface area contributed by atoms with E-state index in [0.717, 1.165) is 31.5 Å². The highest BCUT2D eigenvalue weighted by Crippen LogP contribution is 2.21. The molecule has 2 atom stereocenters. The maximum absolute atomic E-state index is 12.4. The lowest BCUT2D eigenvalue weighted by Gasteiger charge is -2.19. The second-order valence-corrected chi connectivity index (χ2v) is 6.13. The number of hydrogen-bond acceptors (Lipinski definition) is 3. The van der Waals surface area contributed by atoms with E-state index < -0.39 is 0 Å². The lowest BCUT2D eigenvalue weighted by atomic mass is 10.1. The quantitative estimate of drug-likeness (QED) is 0.818. The summed E-state index contributed by atoms with van der Waals surface area (Å²) >= 11 is 0. The molecule has 5 nitrogen and oxygen atoms in total. The van der Waals surface area contributed by atoms with Gasteiger partial charge in [-0.05, 0) is 40.0 Å². The van der Waals surface area contributed by atoms with E-state index >= 15 is 0 Å². The SMILES string of the molecule is CC(C)=CCC[C@@H](C)N[C@H]1CCN(c2cnn(C)c2)C1=O. The first-order chi connectivity index (χ1) is 9.97. The zero-order chi connectivity index (χ0) is 15.4. The lowest BCUT2D eigenvalue weighted by Crippen LogP contribution is -2.42. The molecule has 1 aliphatic rings. The molecule has 1 amide bonds. The van der Waals surface area contributed by atoms with E-state index in [1.165, 1.54) is 5.57 Å². The molecule has 1 aromatic heterocycles. The van der Waals surface area contributed by atoms with Gasteiger partial charge in [-0.1, -0.05) is 11.6 Å². The van der Waals surface area contributed by atoms with Crippen LogP contribution in [0.1, 0.15) is 40.0 Å². The standard InChI is InChI=1S/C16H26N4O/c1-12(2)6-5-7-13(3)18-15-8-9-20(16(15)21)14-10-17-19(4)11-14/h6,10-11,13,15,18H,5,7-9H2,1-4H3/t13-,15+/m1/s1. The van der Waals surface area contributed by atoms with Crippen LogP contribution in [0.4, 0.5) is 5.69 Å². The van der Waals surface area contributed by atoms with Crippen molar-refractivity contribution in [2.45, 2.75) is 52.1 Å². The van der Waals surface area contributed by atoms with Crippen LogP contribution in [0.5, 0.6) is 0 Å². The molecule has 1 saturated heterocycles. The molecule has 1 fully saturated rings. The highest BCUT2D eigenvalue weighted by molar-refractivity contribution is 5.99. The molecular formula is C16H26N4O. The molecule has 0 saturated carbocycles. The van der Waals surface area contributed by atoms with Crippen LogP contribution in [0.3, 0.4) is 0 Å². The first-order valence-corrected chi connectivity index (χ1v) is 7.67. The Bertz CT molecular complexity index is 516. The van der Waals surface area contributed by atoms with E-state index in [1.54, 1.807) is 10.9 Å². The first-order valence-electron chi connectivity index (χ1n) is 7.67. The van der Waals surface area contributed by atoms with Gasteiger partial charge in [0.2, 0.25) is 5.91 Å². The molecule has 0 radical (unpaired) electrons. The van der Waals surface area contributed by atoms with E-state index in [4.69, 9.17) is 0 Å². The molecule has 116 valence electrons. The highest BCUT2D eigenvalue weighted by atomic mass is 16.2. The Morgan fingerprint density at radius 1 is 1.57 bits per heavy atom. The Morgan fingerprint density at radius 3 is 2.95 bits per heavy atom. The fourth-order valence-electron chi connectivity index (χ4n) is 2.69. The van der Waals surface area contributed by atoms with Gasteiger partial charge in [-0.15, -0.1) is 0 Å². The maximum atomic E-state index is 12.4. The fourth-order valence-corrected chi connectivity index (χ4v) is 2.69. The summed E-state index contributed by atoms with van der Waals surface area (Å²) in [4.78, 5) is 14.3. The van der Waals surface area contributed by atoms with Crippen LogP contribution in [0.25, 0.3) is 0 Å². The van der Waals surface area contributed by atoms with E-state index in [1.807, 2.05) is 18.1 Å². The number of aromatic nitrogens is 2. The number of anilines is 1. The number of amides is 1. The summed E-state index contributed by atoms with van der Waals surface area (Å²) in [5, 5.41) is 7.60. The van der Waals surface area contributed by atoms with Gasteiger partial charge in [0.15, 0.2) is 0 Å². The summed E-state index contributed by atoms with van der Waals surface area (Å²) in [6.07, 6.45) is 8.86. The number of allylic oxidation sites excluding steroid dienone is 2. The number of rotatable bonds is 6. The van der Waals surface area contributed by atoms with Crippen molar-refractivity contribution in [3.63, 3.8) is 0 Å². The first kappa shape index (κ1) is 15.8. The van der Waals surface area contributed by atoms with Crippen molar-refractivity contribution in [3.05, 3.63) is 24.0 Å². The minimum Gasteiger partial charge on any atom is -0.308 e. The molecule has 2 heterocycles. The number of nitrogens with zero attached hydrogens (tertiary/aromatic N) is 3. The second-order valence-electron chi connectivity index (χ2n) is 6.13. The largest absolute Gasteiger partial charge is 0.308 e. The van der Waals surface area contributed by atoms with Crippen molar-refractivity contribution < 1.29 is 4.79 Å². The Morgan fingerprint density at radius 2 is 2.33 bits per heavy atom. The average Bonchev–Trinajstić information content (AvgIpc) is 2.97. The predicted octanol–water partition coefficient (Wildman–Crippen LogP) is 2.25. The summed E-state index contributed by atoms with van der Waals surface area (Å²) in [6, 6.07) is 0.287. The monoisotopic (exact) mass is 290 g/mol. The van der Waals surface area contributed by atoms with E-state index in [9.17, 15) is 4.79 Å². The van der Waals surface area contributed by atoms with Crippen LogP contribution in [0, 0.1) is 0 Å². The van der Waals surface area contributed by atoms with Gasteiger partial charge in [0.1, 0.15) is 0 Å². The zero-order valence-corrected chi connectivity index (χ0v) is 13.5. The average molecular weight is 290 g/mol. The number of hydrogen-bond donors (Lipinski definition) is 1. The molecule has 0 spiro atoms. The smallest absolute Gasteiger partial charge is 0.244 e. The maximum Gasteiger partial charge on any atom is 0.244 e. The molecule has 0 unspecified atom stereocenters. The van der Waals surface area contributed by atoms with Crippen LogP contribution < -0.4 is 10.2 Å². The summed E-state index contributed by atoms with van der Waals surface area (Å²) in [5.41, 5.74) is 2.24. The van der Waals surface area contributed by atoms with Crippen LogP contribution in [-0.4, -0.2) is 34.3 Å². The van der Waals surface area contributed by atoms with Crippen LogP contribution in [0.15, 0.2) is 24.0 Å². The Balaban J connectivity index is 1.85. The number of nitrogens with one attached hydrogen (secondary N) is 1. The third-order valence-corrected chi connectivity index (χ3v) is 3.85. The van der Waals surface area contributed by atoms with Crippen LogP contribution in [-0.2, 0) is 11.8 Å². The molecule has 1 aromatic rings. The molecule has 1 N–H and O–H groups in total. The Labute approximate surface area is 127 Å². The molecule has 0 bridgehead atoms. The number of carbonyl (C=O) groups is 1. The molecular weight excluding hydrogens is 264 g/mol. The van der Waals surface area contributed by atoms with Gasteiger partial charge in [0, 0.05) is 25.8 Å². The van der Waals surface area contributed by atoms with E-state index in [2.05, 4.69) is 37.3 Å². The molecule has 1 aliphatic heterocycles. The Hall–Kier alpha value is -1.62. The molecule has 2 rings (SSSR count). The van der Waals surface area contributed by atoms with Gasteiger partial charge in [0.05, 0.1) is 17.9 Å². The van der Waals surface area contributed by atoms with Gasteiger partial charge in [0.25, 0.3) is 0 Å². The fraction of sp³-hybridized carbons (Fsp3) is 0.625. The number of carbonyl (C=O) groups excluding carboxylic acids is 1. The Kier molecular flexibility index (Phi) is 5.17. The molecule has 21 heavy (non-hydrogen) atoms. The van der Waals surface area contributed by atoms with E-state index in [-0.39, 0.29) is 11.9 Å². The summed E-state index contributed by atoms with van der Waals surface area (Å²) < 4.78 is 1.73. The van der Waals surface area contributed by atoms with Crippen molar-refractivity contribution in [1.82, 2.24) is 15.1 Å².